The highest BCUT2D eigenvalue weighted by Crippen LogP contribution is 2.14. The fourth-order valence-corrected chi connectivity index (χ4v) is 3.69. The molecule has 1 heterocycles. The van der Waals surface area contributed by atoms with Crippen LogP contribution in [0, 0.1) is 0 Å². The lowest BCUT2D eigenvalue weighted by molar-refractivity contribution is 0.127. The molecule has 15 heavy (non-hydrogen) atoms. The minimum Gasteiger partial charge on any atom is -0.377 e. The van der Waals surface area contributed by atoms with Crippen molar-refractivity contribution in [3.05, 3.63) is 0 Å². The van der Waals surface area contributed by atoms with E-state index in [2.05, 4.69) is 0 Å². The molecule has 1 saturated heterocycles. The molecule has 90 valence electrons. The molecule has 0 aromatic heterocycles. The first kappa shape index (κ1) is 12.9. The molecule has 1 aliphatic heterocycles. The van der Waals surface area contributed by atoms with E-state index in [1.54, 1.807) is 0 Å². The molecule has 5 heteroatoms. The first-order valence-corrected chi connectivity index (χ1v) is 7.43. The fourth-order valence-electron chi connectivity index (χ4n) is 1.91. The number of hydrogen-bond acceptors (Lipinski definition) is 4. The highest BCUT2D eigenvalue weighted by molar-refractivity contribution is 7.91. The molecule has 4 nitrogen and oxygen atoms in total. The van der Waals surface area contributed by atoms with Gasteiger partial charge in [-0.25, -0.2) is 8.42 Å². The van der Waals surface area contributed by atoms with Crippen molar-refractivity contribution in [3.8, 4) is 0 Å². The molecule has 1 fully saturated rings. The molecule has 2 N–H and O–H groups in total. The number of nitrogens with two attached hydrogens (primary N) is 1. The summed E-state index contributed by atoms with van der Waals surface area (Å²) in [4.78, 5) is 0. The monoisotopic (exact) mass is 235 g/mol. The molecule has 0 aromatic carbocycles. The van der Waals surface area contributed by atoms with Crippen LogP contribution < -0.4 is 5.73 Å². The molecule has 0 saturated carbocycles. The molecular formula is C10H21NO3S. The zero-order chi connectivity index (χ0) is 11.3. The maximum absolute atomic E-state index is 11.7. The Bertz CT molecular complexity index is 270. The number of sulfone groups is 1. The molecule has 2 atom stereocenters. The quantitative estimate of drug-likeness (QED) is 0.736. The van der Waals surface area contributed by atoms with E-state index >= 15 is 0 Å². The van der Waals surface area contributed by atoms with Gasteiger partial charge in [-0.2, -0.15) is 0 Å². The second-order valence-corrected chi connectivity index (χ2v) is 6.41. The Morgan fingerprint density at radius 2 is 2.27 bits per heavy atom. The van der Waals surface area contributed by atoms with Crippen molar-refractivity contribution in [2.45, 2.75) is 44.8 Å². The number of rotatable bonds is 6. The van der Waals surface area contributed by atoms with E-state index in [9.17, 15) is 8.42 Å². The average Bonchev–Trinajstić information content (AvgIpc) is 2.54. The van der Waals surface area contributed by atoms with Gasteiger partial charge in [0.25, 0.3) is 0 Å². The summed E-state index contributed by atoms with van der Waals surface area (Å²) in [6.07, 6.45) is 3.44. The summed E-state index contributed by atoms with van der Waals surface area (Å²) >= 11 is 0. The maximum atomic E-state index is 11.7. The van der Waals surface area contributed by atoms with Crippen molar-refractivity contribution in [1.82, 2.24) is 0 Å². The summed E-state index contributed by atoms with van der Waals surface area (Å²) < 4.78 is 28.7. The van der Waals surface area contributed by atoms with Gasteiger partial charge in [0.2, 0.25) is 0 Å². The van der Waals surface area contributed by atoms with Gasteiger partial charge >= 0.3 is 0 Å². The van der Waals surface area contributed by atoms with Crippen LogP contribution in [-0.4, -0.2) is 38.7 Å². The van der Waals surface area contributed by atoms with Crippen molar-refractivity contribution in [2.24, 2.45) is 5.73 Å². The summed E-state index contributed by atoms with van der Waals surface area (Å²) in [5, 5.41) is 0. The van der Waals surface area contributed by atoms with Crippen LogP contribution in [-0.2, 0) is 14.6 Å². The zero-order valence-electron chi connectivity index (χ0n) is 9.31. The van der Waals surface area contributed by atoms with Crippen LogP contribution in [0.1, 0.15) is 32.6 Å². The van der Waals surface area contributed by atoms with E-state index in [0.717, 1.165) is 25.7 Å². The summed E-state index contributed by atoms with van der Waals surface area (Å²) in [6, 6.07) is -0.221. The molecule has 0 aromatic rings. The summed E-state index contributed by atoms with van der Waals surface area (Å²) in [6.45, 7) is 2.70. The van der Waals surface area contributed by atoms with Crippen LogP contribution in [0.2, 0.25) is 0 Å². The van der Waals surface area contributed by atoms with Gasteiger partial charge in [-0.1, -0.05) is 13.3 Å². The van der Waals surface area contributed by atoms with Crippen LogP contribution in [0.5, 0.6) is 0 Å². The second kappa shape index (κ2) is 5.82. The highest BCUT2D eigenvalue weighted by Gasteiger charge is 2.24. The van der Waals surface area contributed by atoms with Gasteiger partial charge in [0.1, 0.15) is 0 Å². The van der Waals surface area contributed by atoms with Gasteiger partial charge in [0, 0.05) is 12.6 Å². The molecule has 0 bridgehead atoms. The Hall–Kier alpha value is -0.130. The molecule has 0 amide bonds. The Morgan fingerprint density at radius 3 is 2.80 bits per heavy atom. The normalized spacial score (nSPS) is 24.3. The largest absolute Gasteiger partial charge is 0.377 e. The number of ether oxygens (including phenoxy) is 1. The van der Waals surface area contributed by atoms with Gasteiger partial charge in [0.15, 0.2) is 9.84 Å². The Balaban J connectivity index is 2.37. The summed E-state index contributed by atoms with van der Waals surface area (Å²) in [5.74, 6) is 0.241. The van der Waals surface area contributed by atoms with Gasteiger partial charge < -0.3 is 10.5 Å². The van der Waals surface area contributed by atoms with Crippen LogP contribution in [0.25, 0.3) is 0 Å². The maximum Gasteiger partial charge on any atom is 0.154 e. The minimum atomic E-state index is -3.04. The van der Waals surface area contributed by atoms with Crippen LogP contribution in [0.3, 0.4) is 0 Å². The van der Waals surface area contributed by atoms with Gasteiger partial charge in [0.05, 0.1) is 17.6 Å². The summed E-state index contributed by atoms with van der Waals surface area (Å²) in [5.41, 5.74) is 5.72. The third kappa shape index (κ3) is 4.95. The third-order valence-electron chi connectivity index (χ3n) is 2.59. The third-order valence-corrected chi connectivity index (χ3v) is 4.41. The Morgan fingerprint density at radius 1 is 1.53 bits per heavy atom. The van der Waals surface area contributed by atoms with E-state index in [1.807, 2.05) is 6.92 Å². The molecule has 1 rings (SSSR count). The van der Waals surface area contributed by atoms with Crippen LogP contribution in [0.15, 0.2) is 0 Å². The van der Waals surface area contributed by atoms with Crippen LogP contribution >= 0.6 is 0 Å². The molecule has 0 spiro atoms. The highest BCUT2D eigenvalue weighted by atomic mass is 32.2. The fraction of sp³-hybridized carbons (Fsp3) is 1.00. The lowest BCUT2D eigenvalue weighted by Gasteiger charge is -2.13. The van der Waals surface area contributed by atoms with E-state index in [0.29, 0.717) is 6.61 Å². The smallest absolute Gasteiger partial charge is 0.154 e. The second-order valence-electron chi connectivity index (χ2n) is 4.26. The first-order chi connectivity index (χ1) is 7.03. The molecule has 2 unspecified atom stereocenters. The standard InChI is InChI=1S/C10H21NO3S/c1-2-4-9(11)7-15(12,13)8-10-5-3-6-14-10/h9-10H,2-8,11H2,1H3. The summed E-state index contributed by atoms with van der Waals surface area (Å²) in [7, 11) is -3.04. The van der Waals surface area contributed by atoms with Crippen LogP contribution in [0.4, 0.5) is 0 Å². The van der Waals surface area contributed by atoms with E-state index in [1.165, 1.54) is 0 Å². The van der Waals surface area contributed by atoms with Gasteiger partial charge in [-0.15, -0.1) is 0 Å². The average molecular weight is 235 g/mol. The van der Waals surface area contributed by atoms with Gasteiger partial charge in [-0.05, 0) is 19.3 Å². The van der Waals surface area contributed by atoms with E-state index in [-0.39, 0.29) is 23.7 Å². The Labute approximate surface area is 92.1 Å². The first-order valence-electron chi connectivity index (χ1n) is 5.61. The molecular weight excluding hydrogens is 214 g/mol. The molecule has 1 aliphatic rings. The Kier molecular flexibility index (Phi) is 5.02. The lowest BCUT2D eigenvalue weighted by Crippen LogP contribution is -2.33. The van der Waals surface area contributed by atoms with Gasteiger partial charge in [-0.3, -0.25) is 0 Å². The van der Waals surface area contributed by atoms with Crippen molar-refractivity contribution in [3.63, 3.8) is 0 Å². The minimum absolute atomic E-state index is 0.0937. The van der Waals surface area contributed by atoms with Crippen molar-refractivity contribution in [1.29, 1.82) is 0 Å². The van der Waals surface area contributed by atoms with E-state index in [4.69, 9.17) is 10.5 Å². The SMILES string of the molecule is CCCC(N)CS(=O)(=O)CC1CCCO1. The van der Waals surface area contributed by atoms with Crippen molar-refractivity contribution in [2.75, 3.05) is 18.1 Å². The molecule has 0 radical (unpaired) electrons. The number of hydrogen-bond donors (Lipinski definition) is 1. The predicted octanol–water partition coefficient (Wildman–Crippen LogP) is 0.708. The van der Waals surface area contributed by atoms with Crippen molar-refractivity contribution < 1.29 is 13.2 Å². The zero-order valence-corrected chi connectivity index (χ0v) is 10.1. The van der Waals surface area contributed by atoms with Crippen molar-refractivity contribution >= 4 is 9.84 Å². The lowest BCUT2D eigenvalue weighted by atomic mass is 10.2. The topological polar surface area (TPSA) is 69.4 Å². The predicted molar refractivity (Wildman–Crippen MR) is 60.5 cm³/mol. The molecule has 0 aliphatic carbocycles. The van der Waals surface area contributed by atoms with E-state index < -0.39 is 9.84 Å².